The number of ether oxygens (including phenoxy) is 1. The second kappa shape index (κ2) is 8.81. The number of anilines is 1. The Hall–Kier alpha value is -2.91. The first-order chi connectivity index (χ1) is 12.1. The number of hydrogen-bond acceptors (Lipinski definition) is 8. The van der Waals surface area contributed by atoms with Crippen molar-refractivity contribution < 1.29 is 19.1 Å². The number of amides is 1. The molecule has 0 spiro atoms. The summed E-state index contributed by atoms with van der Waals surface area (Å²) >= 11 is 1.42. The van der Waals surface area contributed by atoms with Gasteiger partial charge in [0.15, 0.2) is 11.6 Å². The van der Waals surface area contributed by atoms with Crippen LogP contribution in [0, 0.1) is 0 Å². The molecule has 2 heterocycles. The molecule has 25 heavy (non-hydrogen) atoms. The van der Waals surface area contributed by atoms with Crippen LogP contribution in [0.5, 0.6) is 0 Å². The Labute approximate surface area is 147 Å². The highest BCUT2D eigenvalue weighted by Gasteiger charge is 2.19. The van der Waals surface area contributed by atoms with Gasteiger partial charge < -0.3 is 15.8 Å². The van der Waals surface area contributed by atoms with Crippen molar-refractivity contribution in [3.05, 3.63) is 40.9 Å². The number of rotatable bonds is 7. The van der Waals surface area contributed by atoms with Gasteiger partial charge in [-0.3, -0.25) is 9.59 Å². The average molecular weight is 360 g/mol. The van der Waals surface area contributed by atoms with Gasteiger partial charge >= 0.3 is 5.97 Å². The third-order valence-corrected chi connectivity index (χ3v) is 3.90. The number of nitrogens with one attached hydrogen (secondary N) is 1. The van der Waals surface area contributed by atoms with Crippen molar-refractivity contribution in [2.75, 3.05) is 18.5 Å². The summed E-state index contributed by atoms with van der Waals surface area (Å²) in [5, 5.41) is 4.35. The fourth-order valence-electron chi connectivity index (χ4n) is 1.87. The zero-order valence-corrected chi connectivity index (χ0v) is 14.2. The maximum absolute atomic E-state index is 12.2. The lowest BCUT2D eigenvalue weighted by molar-refractivity contribution is -0.113. The van der Waals surface area contributed by atoms with Crippen molar-refractivity contribution in [3.63, 3.8) is 0 Å². The molecule has 1 amide bonds. The summed E-state index contributed by atoms with van der Waals surface area (Å²) in [7, 11) is 0. The zero-order chi connectivity index (χ0) is 18.2. The number of esters is 1. The fourth-order valence-corrected chi connectivity index (χ4v) is 2.53. The van der Waals surface area contributed by atoms with Gasteiger partial charge in [-0.2, -0.15) is 0 Å². The van der Waals surface area contributed by atoms with Crippen molar-refractivity contribution >= 4 is 35.3 Å². The first kappa shape index (κ1) is 18.4. The monoisotopic (exact) mass is 360 g/mol. The third-order valence-electron chi connectivity index (χ3n) is 3.04. The molecule has 2 aromatic rings. The molecule has 0 aliphatic heterocycles. The van der Waals surface area contributed by atoms with E-state index in [1.165, 1.54) is 17.5 Å². The average Bonchev–Trinajstić information content (AvgIpc) is 3.14. The number of thiophene rings is 1. The van der Waals surface area contributed by atoms with E-state index < -0.39 is 11.9 Å². The molecule has 9 heteroatoms. The van der Waals surface area contributed by atoms with E-state index >= 15 is 0 Å². The van der Waals surface area contributed by atoms with E-state index in [0.717, 1.165) is 11.0 Å². The molecular weight excluding hydrogens is 344 g/mol. The summed E-state index contributed by atoms with van der Waals surface area (Å²) in [6.45, 7) is 1.69. The van der Waals surface area contributed by atoms with Gasteiger partial charge in [0.2, 0.25) is 0 Å². The van der Waals surface area contributed by atoms with Crippen molar-refractivity contribution in [2.45, 2.75) is 6.92 Å². The highest BCUT2D eigenvalue weighted by Crippen LogP contribution is 2.24. The van der Waals surface area contributed by atoms with E-state index in [1.54, 1.807) is 6.92 Å². The predicted molar refractivity (Wildman–Crippen MR) is 93.1 cm³/mol. The number of allylic oxidation sites excluding steroid dienone is 1. The third kappa shape index (κ3) is 4.55. The second-order valence-corrected chi connectivity index (χ2v) is 5.59. The van der Waals surface area contributed by atoms with Gasteiger partial charge in [-0.15, -0.1) is 11.3 Å². The van der Waals surface area contributed by atoms with Crippen LogP contribution in [-0.2, 0) is 14.3 Å². The lowest BCUT2D eigenvalue weighted by atomic mass is 10.2. The summed E-state index contributed by atoms with van der Waals surface area (Å²) in [6, 6.07) is 3.65. The molecule has 2 aromatic heterocycles. The summed E-state index contributed by atoms with van der Waals surface area (Å²) in [4.78, 5) is 44.1. The standard InChI is InChI=1S/C16H16N4O4S/c1-2-24-16(23)11-9-18-14(12-4-3-7-25-12)19-13(11)20-15(22)10(8-17)5-6-21/h3-7,9H,2,8,17H2,1H3,(H,18,19,20,22)/b10-5-. The number of hydrogen-bond donors (Lipinski definition) is 2. The minimum absolute atomic E-state index is 0.00732. The van der Waals surface area contributed by atoms with Gasteiger partial charge in [-0.25, -0.2) is 14.8 Å². The van der Waals surface area contributed by atoms with Crippen LogP contribution in [0.4, 0.5) is 5.82 Å². The van der Waals surface area contributed by atoms with Gasteiger partial charge in [-0.1, -0.05) is 6.07 Å². The van der Waals surface area contributed by atoms with Gasteiger partial charge in [-0.05, 0) is 24.4 Å². The minimum atomic E-state index is -0.663. The maximum Gasteiger partial charge on any atom is 0.343 e. The molecule has 8 nitrogen and oxygen atoms in total. The molecule has 130 valence electrons. The molecule has 0 atom stereocenters. The summed E-state index contributed by atoms with van der Waals surface area (Å²) in [5.74, 6) is -0.945. The van der Waals surface area contributed by atoms with Crippen molar-refractivity contribution in [3.8, 4) is 10.7 Å². The second-order valence-electron chi connectivity index (χ2n) is 4.64. The predicted octanol–water partition coefficient (Wildman–Crippen LogP) is 1.40. The summed E-state index contributed by atoms with van der Waals surface area (Å²) < 4.78 is 4.95. The van der Waals surface area contributed by atoms with Gasteiger partial charge in [0.25, 0.3) is 5.91 Å². The molecular formula is C16H16N4O4S. The molecule has 0 saturated heterocycles. The van der Waals surface area contributed by atoms with E-state index in [2.05, 4.69) is 15.3 Å². The van der Waals surface area contributed by atoms with Crippen molar-refractivity contribution in [2.24, 2.45) is 5.73 Å². The minimum Gasteiger partial charge on any atom is -0.462 e. The molecule has 0 radical (unpaired) electrons. The van der Waals surface area contributed by atoms with Crippen LogP contribution in [0.1, 0.15) is 17.3 Å². The van der Waals surface area contributed by atoms with Crippen LogP contribution >= 0.6 is 11.3 Å². The summed E-state index contributed by atoms with van der Waals surface area (Å²) in [5.41, 5.74) is 5.52. The molecule has 2 rings (SSSR count). The van der Waals surface area contributed by atoms with Crippen molar-refractivity contribution in [1.82, 2.24) is 9.97 Å². The van der Waals surface area contributed by atoms with Gasteiger partial charge in [0.1, 0.15) is 11.8 Å². The van der Waals surface area contributed by atoms with E-state index in [1.807, 2.05) is 17.5 Å². The number of carbonyl (C=O) groups is 3. The molecule has 0 bridgehead atoms. The Morgan fingerprint density at radius 1 is 1.44 bits per heavy atom. The highest BCUT2D eigenvalue weighted by molar-refractivity contribution is 7.13. The lowest BCUT2D eigenvalue weighted by Crippen LogP contribution is -2.23. The Balaban J connectivity index is 2.42. The number of nitrogens with two attached hydrogens (primary N) is 1. The van der Waals surface area contributed by atoms with E-state index in [4.69, 9.17) is 10.5 Å². The first-order valence-electron chi connectivity index (χ1n) is 7.34. The van der Waals surface area contributed by atoms with E-state index in [9.17, 15) is 14.4 Å². The molecule has 0 aliphatic carbocycles. The Morgan fingerprint density at radius 3 is 2.84 bits per heavy atom. The summed E-state index contributed by atoms with van der Waals surface area (Å²) in [6.07, 6.45) is 2.81. The smallest absolute Gasteiger partial charge is 0.343 e. The number of nitrogens with zero attached hydrogens (tertiary/aromatic N) is 2. The maximum atomic E-state index is 12.2. The van der Waals surface area contributed by atoms with Crippen LogP contribution in [0.3, 0.4) is 0 Å². The van der Waals surface area contributed by atoms with Crippen molar-refractivity contribution in [1.29, 1.82) is 0 Å². The molecule has 0 fully saturated rings. The molecule has 3 N–H and O–H groups in total. The van der Waals surface area contributed by atoms with Crippen LogP contribution in [0.15, 0.2) is 35.4 Å². The molecule has 0 unspecified atom stereocenters. The Morgan fingerprint density at radius 2 is 2.24 bits per heavy atom. The quantitative estimate of drug-likeness (QED) is 0.434. The van der Waals surface area contributed by atoms with Crippen LogP contribution in [0.2, 0.25) is 0 Å². The number of aldehydes is 1. The zero-order valence-electron chi connectivity index (χ0n) is 13.4. The molecule has 0 aromatic carbocycles. The normalized spacial score (nSPS) is 11.0. The lowest BCUT2D eigenvalue weighted by Gasteiger charge is -2.11. The van der Waals surface area contributed by atoms with Gasteiger partial charge in [0.05, 0.1) is 11.5 Å². The number of carbonyl (C=O) groups excluding carboxylic acids is 3. The van der Waals surface area contributed by atoms with E-state index in [-0.39, 0.29) is 30.1 Å². The largest absolute Gasteiger partial charge is 0.462 e. The fraction of sp³-hybridized carbons (Fsp3) is 0.188. The Kier molecular flexibility index (Phi) is 6.49. The molecule has 0 aliphatic rings. The van der Waals surface area contributed by atoms with Crippen LogP contribution < -0.4 is 11.1 Å². The first-order valence-corrected chi connectivity index (χ1v) is 8.22. The SMILES string of the molecule is CCOC(=O)c1cnc(-c2cccs2)nc1NC(=O)/C(=C\C=O)CN. The van der Waals surface area contributed by atoms with Gasteiger partial charge in [0, 0.05) is 18.3 Å². The number of aromatic nitrogens is 2. The van der Waals surface area contributed by atoms with E-state index in [0.29, 0.717) is 12.1 Å². The topological polar surface area (TPSA) is 124 Å². The van der Waals surface area contributed by atoms with Crippen LogP contribution in [0.25, 0.3) is 10.7 Å². The molecule has 0 saturated carbocycles. The Bertz CT molecular complexity index is 802. The highest BCUT2D eigenvalue weighted by atomic mass is 32.1. The van der Waals surface area contributed by atoms with Crippen LogP contribution in [-0.4, -0.2) is 41.3 Å².